The number of β-amino-alcohol motifs (C(OH)–C–C–N with tert-alkyl or cyclic N) is 1. The van der Waals surface area contributed by atoms with Crippen molar-refractivity contribution in [1.82, 2.24) is 4.90 Å². The van der Waals surface area contributed by atoms with Gasteiger partial charge in [0.05, 0.1) is 38.5 Å². The molecule has 0 spiro atoms. The predicted molar refractivity (Wildman–Crippen MR) is 110 cm³/mol. The van der Waals surface area contributed by atoms with Gasteiger partial charge in [0, 0.05) is 17.8 Å². The maximum absolute atomic E-state index is 12.8. The summed E-state index contributed by atoms with van der Waals surface area (Å²) in [4.78, 5) is 38.0. The van der Waals surface area contributed by atoms with Gasteiger partial charge in [0.15, 0.2) is 0 Å². The summed E-state index contributed by atoms with van der Waals surface area (Å²) in [5, 5.41) is 12.3. The molecule has 156 valence electrons. The average Bonchev–Trinajstić information content (AvgIpc) is 3.09. The van der Waals surface area contributed by atoms with E-state index in [9.17, 15) is 19.5 Å². The van der Waals surface area contributed by atoms with Crippen molar-refractivity contribution in [3.05, 3.63) is 65.4 Å². The first kappa shape index (κ1) is 21.1. The van der Waals surface area contributed by atoms with E-state index in [1.165, 1.54) is 19.1 Å². The number of aliphatic hydroxyl groups is 1. The van der Waals surface area contributed by atoms with E-state index in [2.05, 4.69) is 5.32 Å². The number of amides is 1. The van der Waals surface area contributed by atoms with Gasteiger partial charge in [0.2, 0.25) is 0 Å². The largest absolute Gasteiger partial charge is 0.466 e. The fourth-order valence-electron chi connectivity index (χ4n) is 3.23. The fraction of sp³-hybridized carbons (Fsp3) is 0.227. The van der Waals surface area contributed by atoms with Crippen LogP contribution in [0, 0.1) is 0 Å². The molecule has 0 radical (unpaired) electrons. The first-order valence-electron chi connectivity index (χ1n) is 9.26. The first-order chi connectivity index (χ1) is 14.5. The number of hydrogen-bond acceptors (Lipinski definition) is 7. The van der Waals surface area contributed by atoms with Crippen LogP contribution in [0.1, 0.15) is 10.4 Å². The number of rotatable bonds is 7. The van der Waals surface area contributed by atoms with Crippen LogP contribution in [0.3, 0.4) is 0 Å². The predicted octanol–water partition coefficient (Wildman–Crippen LogP) is 1.81. The van der Waals surface area contributed by atoms with Crippen LogP contribution in [0.4, 0.5) is 5.69 Å². The normalized spacial score (nSPS) is 13.4. The Hall–Kier alpha value is -3.65. The number of nitrogens with one attached hydrogen (secondary N) is 1. The summed E-state index contributed by atoms with van der Waals surface area (Å²) in [6.07, 6.45) is 0. The van der Waals surface area contributed by atoms with Gasteiger partial charge in [-0.05, 0) is 23.8 Å². The van der Waals surface area contributed by atoms with Crippen LogP contribution in [-0.4, -0.2) is 61.8 Å². The molecule has 0 atom stereocenters. The number of carbonyl (C=O) groups excluding carboxylic acids is 3. The second kappa shape index (κ2) is 9.23. The lowest BCUT2D eigenvalue weighted by Gasteiger charge is -2.16. The Kier molecular flexibility index (Phi) is 6.48. The summed E-state index contributed by atoms with van der Waals surface area (Å²) >= 11 is 0. The summed E-state index contributed by atoms with van der Waals surface area (Å²) in [6, 6.07) is 14.2. The molecule has 3 rings (SSSR count). The van der Waals surface area contributed by atoms with E-state index in [1.54, 1.807) is 36.4 Å². The Morgan fingerprint density at radius 2 is 1.70 bits per heavy atom. The Morgan fingerprint density at radius 1 is 1.03 bits per heavy atom. The molecule has 0 saturated carbocycles. The van der Waals surface area contributed by atoms with Gasteiger partial charge in [0.1, 0.15) is 5.70 Å². The minimum Gasteiger partial charge on any atom is -0.466 e. The fourth-order valence-corrected chi connectivity index (χ4v) is 3.23. The number of carbonyl (C=O) groups is 3. The van der Waals surface area contributed by atoms with Crippen LogP contribution in [0.2, 0.25) is 0 Å². The number of esters is 2. The lowest BCUT2D eigenvalue weighted by atomic mass is 10.0. The molecule has 0 saturated heterocycles. The molecule has 0 unspecified atom stereocenters. The third-order valence-corrected chi connectivity index (χ3v) is 4.76. The molecule has 30 heavy (non-hydrogen) atoms. The monoisotopic (exact) mass is 410 g/mol. The van der Waals surface area contributed by atoms with Crippen molar-refractivity contribution in [2.75, 3.05) is 39.2 Å². The Balaban J connectivity index is 1.96. The van der Waals surface area contributed by atoms with Gasteiger partial charge >= 0.3 is 11.9 Å². The van der Waals surface area contributed by atoms with E-state index in [-0.39, 0.29) is 36.9 Å². The van der Waals surface area contributed by atoms with Crippen LogP contribution in [0.5, 0.6) is 0 Å². The van der Waals surface area contributed by atoms with Gasteiger partial charge in [-0.3, -0.25) is 4.79 Å². The number of aliphatic hydroxyl groups excluding tert-OH is 1. The molecule has 0 aliphatic carbocycles. The summed E-state index contributed by atoms with van der Waals surface area (Å²) in [6.45, 7) is -0.0395. The maximum Gasteiger partial charge on any atom is 0.337 e. The Labute approximate surface area is 173 Å². The third kappa shape index (κ3) is 4.18. The van der Waals surface area contributed by atoms with Crippen LogP contribution >= 0.6 is 0 Å². The molecule has 2 aromatic rings. The topological polar surface area (TPSA) is 105 Å². The summed E-state index contributed by atoms with van der Waals surface area (Å²) in [5.74, 6) is -1.42. The van der Waals surface area contributed by atoms with Crippen molar-refractivity contribution in [2.24, 2.45) is 0 Å². The lowest BCUT2D eigenvalue weighted by molar-refractivity contribution is -0.136. The molecule has 1 amide bonds. The van der Waals surface area contributed by atoms with Crippen molar-refractivity contribution in [3.63, 3.8) is 0 Å². The van der Waals surface area contributed by atoms with Crippen LogP contribution < -0.4 is 5.32 Å². The zero-order valence-electron chi connectivity index (χ0n) is 16.7. The molecule has 1 aliphatic heterocycles. The minimum absolute atomic E-state index is 0.0599. The molecule has 1 heterocycles. The van der Waals surface area contributed by atoms with Crippen molar-refractivity contribution < 1.29 is 29.0 Å². The van der Waals surface area contributed by atoms with Crippen molar-refractivity contribution in [3.8, 4) is 11.1 Å². The van der Waals surface area contributed by atoms with Gasteiger partial charge in [-0.1, -0.05) is 30.3 Å². The summed E-state index contributed by atoms with van der Waals surface area (Å²) < 4.78 is 9.54. The van der Waals surface area contributed by atoms with Crippen LogP contribution in [-0.2, 0) is 19.1 Å². The standard InChI is InChI=1S/C22H22N2O6/c1-29-21(27)15-9-7-14(8-10-15)16-5-3-4-6-18(16)23-19-17(22(28)30-2)13-24(11-12-25)20(19)26/h3-10,23,25H,11-13H2,1-2H3. The molecule has 2 N–H and O–H groups in total. The Morgan fingerprint density at radius 3 is 2.33 bits per heavy atom. The van der Waals surface area contributed by atoms with E-state index in [1.807, 2.05) is 12.1 Å². The second-order valence-corrected chi connectivity index (χ2v) is 6.53. The summed E-state index contributed by atoms with van der Waals surface area (Å²) in [5.41, 5.74) is 2.94. The second-order valence-electron chi connectivity index (χ2n) is 6.53. The maximum atomic E-state index is 12.8. The Bertz CT molecular complexity index is 997. The number of para-hydroxylation sites is 1. The molecule has 2 aromatic carbocycles. The molecular weight excluding hydrogens is 388 g/mol. The van der Waals surface area contributed by atoms with Crippen molar-refractivity contribution in [1.29, 1.82) is 0 Å². The van der Waals surface area contributed by atoms with Crippen molar-refractivity contribution >= 4 is 23.5 Å². The SMILES string of the molecule is COC(=O)C1=C(Nc2ccccc2-c2ccc(C(=O)OC)cc2)C(=O)N(CCO)C1. The van der Waals surface area contributed by atoms with Gasteiger partial charge in [-0.15, -0.1) is 0 Å². The highest BCUT2D eigenvalue weighted by Crippen LogP contribution is 2.31. The zero-order valence-corrected chi connectivity index (χ0v) is 16.7. The molecular formula is C22H22N2O6. The zero-order chi connectivity index (χ0) is 21.7. The molecule has 0 fully saturated rings. The molecule has 0 aromatic heterocycles. The highest BCUT2D eigenvalue weighted by Gasteiger charge is 2.34. The first-order valence-corrected chi connectivity index (χ1v) is 9.26. The number of benzene rings is 2. The van der Waals surface area contributed by atoms with E-state index in [0.29, 0.717) is 11.3 Å². The van der Waals surface area contributed by atoms with Crippen molar-refractivity contribution in [2.45, 2.75) is 0 Å². The van der Waals surface area contributed by atoms with E-state index in [0.717, 1.165) is 11.1 Å². The lowest BCUT2D eigenvalue weighted by Crippen LogP contribution is -2.31. The highest BCUT2D eigenvalue weighted by atomic mass is 16.5. The van der Waals surface area contributed by atoms with Gasteiger partial charge in [-0.25, -0.2) is 9.59 Å². The number of methoxy groups -OCH3 is 2. The van der Waals surface area contributed by atoms with E-state index >= 15 is 0 Å². The molecule has 1 aliphatic rings. The van der Waals surface area contributed by atoms with Gasteiger partial charge < -0.3 is 24.8 Å². The number of anilines is 1. The molecule has 8 heteroatoms. The third-order valence-electron chi connectivity index (χ3n) is 4.76. The van der Waals surface area contributed by atoms with E-state index < -0.39 is 11.9 Å². The minimum atomic E-state index is -0.605. The summed E-state index contributed by atoms with van der Waals surface area (Å²) in [7, 11) is 2.57. The molecule has 0 bridgehead atoms. The average molecular weight is 410 g/mol. The number of nitrogens with zero attached hydrogens (tertiary/aromatic N) is 1. The van der Waals surface area contributed by atoms with Gasteiger partial charge in [0.25, 0.3) is 5.91 Å². The van der Waals surface area contributed by atoms with E-state index in [4.69, 9.17) is 9.47 Å². The number of ether oxygens (including phenoxy) is 2. The molecule has 8 nitrogen and oxygen atoms in total. The van der Waals surface area contributed by atoms with Crippen LogP contribution in [0.25, 0.3) is 11.1 Å². The highest BCUT2D eigenvalue weighted by molar-refractivity contribution is 6.09. The quantitative estimate of drug-likeness (QED) is 0.671. The number of hydrogen-bond donors (Lipinski definition) is 2. The van der Waals surface area contributed by atoms with Crippen LogP contribution in [0.15, 0.2) is 59.8 Å². The van der Waals surface area contributed by atoms with Gasteiger partial charge in [-0.2, -0.15) is 0 Å². The smallest absolute Gasteiger partial charge is 0.337 e.